The molecule has 1 aliphatic heterocycles. The zero-order chi connectivity index (χ0) is 18.0. The molecule has 0 aromatic heterocycles. The lowest BCUT2D eigenvalue weighted by atomic mass is 10.0. The molecule has 0 bridgehead atoms. The summed E-state index contributed by atoms with van der Waals surface area (Å²) >= 11 is 0. The van der Waals surface area contributed by atoms with Crippen LogP contribution in [0.5, 0.6) is 0 Å². The first-order valence-electron chi connectivity index (χ1n) is 8.80. The second kappa shape index (κ2) is 7.14. The number of aliphatic carboxylic acids is 1. The van der Waals surface area contributed by atoms with Gasteiger partial charge in [-0.3, -0.25) is 14.5 Å². The lowest BCUT2D eigenvalue weighted by Gasteiger charge is -2.35. The van der Waals surface area contributed by atoms with E-state index in [-0.39, 0.29) is 11.9 Å². The van der Waals surface area contributed by atoms with Gasteiger partial charge in [-0.1, -0.05) is 44.2 Å². The highest BCUT2D eigenvalue weighted by Crippen LogP contribution is 2.58. The molecule has 25 heavy (non-hydrogen) atoms. The Balaban J connectivity index is 1.67. The molecule has 2 fully saturated rings. The third kappa shape index (κ3) is 3.70. The predicted molar refractivity (Wildman–Crippen MR) is 93.0 cm³/mol. The van der Waals surface area contributed by atoms with Crippen molar-refractivity contribution in [3.63, 3.8) is 0 Å². The number of carboxylic acids is 1. The van der Waals surface area contributed by atoms with Crippen LogP contribution in [-0.4, -0.2) is 54.7 Å². The molecule has 1 aromatic rings. The van der Waals surface area contributed by atoms with Crippen molar-refractivity contribution in [1.82, 2.24) is 10.2 Å². The standard InChI is InChI=1S/C19H26N2O4/c1-19(2)15(16(19)18(23)24)17(22)20-12-14(13-6-4-3-5-7-13)21-8-10-25-11-9-21/h3-7,14-16H,8-12H2,1-2H3,(H,20,22)(H,23,24)/t14?,15-,16+/m1/s1. The summed E-state index contributed by atoms with van der Waals surface area (Å²) in [5.41, 5.74) is 0.673. The van der Waals surface area contributed by atoms with E-state index in [2.05, 4.69) is 22.3 Å². The van der Waals surface area contributed by atoms with Gasteiger partial charge >= 0.3 is 5.97 Å². The number of carbonyl (C=O) groups excluding carboxylic acids is 1. The number of benzene rings is 1. The second-order valence-electron chi connectivity index (χ2n) is 7.43. The highest BCUT2D eigenvalue weighted by molar-refractivity contribution is 5.91. The van der Waals surface area contributed by atoms with Crippen molar-refractivity contribution >= 4 is 11.9 Å². The summed E-state index contributed by atoms with van der Waals surface area (Å²) < 4.78 is 5.43. The number of carboxylic acid groups (broad SMARTS) is 1. The van der Waals surface area contributed by atoms with Crippen molar-refractivity contribution in [3.05, 3.63) is 35.9 Å². The van der Waals surface area contributed by atoms with Crippen molar-refractivity contribution in [2.45, 2.75) is 19.9 Å². The lowest BCUT2D eigenvalue weighted by molar-refractivity contribution is -0.140. The van der Waals surface area contributed by atoms with Crippen molar-refractivity contribution in [2.75, 3.05) is 32.8 Å². The molecule has 3 atom stereocenters. The molecule has 2 aliphatic rings. The van der Waals surface area contributed by atoms with E-state index in [1.165, 1.54) is 0 Å². The van der Waals surface area contributed by atoms with E-state index < -0.39 is 23.2 Å². The van der Waals surface area contributed by atoms with Gasteiger partial charge in [0.25, 0.3) is 0 Å². The largest absolute Gasteiger partial charge is 0.481 e. The van der Waals surface area contributed by atoms with Crippen LogP contribution >= 0.6 is 0 Å². The van der Waals surface area contributed by atoms with Crippen LogP contribution < -0.4 is 5.32 Å². The smallest absolute Gasteiger partial charge is 0.307 e. The number of ether oxygens (including phenoxy) is 1. The molecule has 1 saturated heterocycles. The topological polar surface area (TPSA) is 78.9 Å². The molecule has 0 spiro atoms. The summed E-state index contributed by atoms with van der Waals surface area (Å²) in [6, 6.07) is 10.2. The fraction of sp³-hybridized carbons (Fsp3) is 0.579. The summed E-state index contributed by atoms with van der Waals surface area (Å²) in [6.07, 6.45) is 0. The van der Waals surface area contributed by atoms with Gasteiger partial charge in [-0.15, -0.1) is 0 Å². The first kappa shape index (κ1) is 17.9. The Morgan fingerprint density at radius 2 is 1.88 bits per heavy atom. The zero-order valence-electron chi connectivity index (χ0n) is 14.8. The van der Waals surface area contributed by atoms with E-state index in [0.717, 1.165) is 18.7 Å². The maximum atomic E-state index is 12.5. The molecule has 6 heteroatoms. The molecule has 0 radical (unpaired) electrons. The summed E-state index contributed by atoms with van der Waals surface area (Å²) in [7, 11) is 0. The van der Waals surface area contributed by atoms with Crippen molar-refractivity contribution in [2.24, 2.45) is 17.3 Å². The molecule has 1 unspecified atom stereocenters. The van der Waals surface area contributed by atoms with Gasteiger partial charge in [0.1, 0.15) is 0 Å². The van der Waals surface area contributed by atoms with Gasteiger partial charge in [0, 0.05) is 19.6 Å². The van der Waals surface area contributed by atoms with Gasteiger partial charge in [0.15, 0.2) is 0 Å². The van der Waals surface area contributed by atoms with Gasteiger partial charge in [-0.2, -0.15) is 0 Å². The highest BCUT2D eigenvalue weighted by atomic mass is 16.5. The number of nitrogens with one attached hydrogen (secondary N) is 1. The molecular formula is C19H26N2O4. The average Bonchev–Trinajstić information content (AvgIpc) is 3.20. The van der Waals surface area contributed by atoms with Gasteiger partial charge in [-0.05, 0) is 11.0 Å². The minimum absolute atomic E-state index is 0.0687. The van der Waals surface area contributed by atoms with Gasteiger partial charge < -0.3 is 15.2 Å². The third-order valence-electron chi connectivity index (χ3n) is 5.52. The van der Waals surface area contributed by atoms with E-state index in [1.54, 1.807) is 0 Å². The van der Waals surface area contributed by atoms with Gasteiger partial charge in [-0.25, -0.2) is 0 Å². The summed E-state index contributed by atoms with van der Waals surface area (Å²) in [5.74, 6) is -2.10. The van der Waals surface area contributed by atoms with Crippen LogP contribution in [-0.2, 0) is 14.3 Å². The van der Waals surface area contributed by atoms with E-state index >= 15 is 0 Å². The summed E-state index contributed by atoms with van der Waals surface area (Å²) in [6.45, 7) is 7.17. The third-order valence-corrected chi connectivity index (χ3v) is 5.52. The molecule has 1 heterocycles. The average molecular weight is 346 g/mol. The van der Waals surface area contributed by atoms with Crippen LogP contribution in [0.3, 0.4) is 0 Å². The van der Waals surface area contributed by atoms with E-state index in [0.29, 0.717) is 19.8 Å². The second-order valence-corrected chi connectivity index (χ2v) is 7.43. The van der Waals surface area contributed by atoms with Crippen LogP contribution in [0, 0.1) is 17.3 Å². The Hall–Kier alpha value is -1.92. The maximum absolute atomic E-state index is 12.5. The SMILES string of the molecule is CC1(C)[C@H](C(=O)O)[C@@H]1C(=O)NCC(c1ccccc1)N1CCOCC1. The van der Waals surface area contributed by atoms with Gasteiger partial charge in [0.2, 0.25) is 5.91 Å². The maximum Gasteiger partial charge on any atom is 0.307 e. The molecule has 136 valence electrons. The Morgan fingerprint density at radius 1 is 1.24 bits per heavy atom. The molecular weight excluding hydrogens is 320 g/mol. The first-order chi connectivity index (χ1) is 11.9. The molecule has 1 aromatic carbocycles. The predicted octanol–water partition coefficient (Wildman–Crippen LogP) is 1.53. The Kier molecular flexibility index (Phi) is 5.11. The minimum Gasteiger partial charge on any atom is -0.481 e. The van der Waals surface area contributed by atoms with Crippen LogP contribution in [0.4, 0.5) is 0 Å². The molecule has 6 nitrogen and oxygen atoms in total. The zero-order valence-corrected chi connectivity index (χ0v) is 14.8. The summed E-state index contributed by atoms with van der Waals surface area (Å²) in [5, 5.41) is 12.3. The number of hydrogen-bond acceptors (Lipinski definition) is 4. The van der Waals surface area contributed by atoms with E-state index in [4.69, 9.17) is 4.74 Å². The minimum atomic E-state index is -0.891. The van der Waals surface area contributed by atoms with Crippen LogP contribution in [0.1, 0.15) is 25.5 Å². The number of amides is 1. The number of hydrogen-bond donors (Lipinski definition) is 2. The van der Waals surface area contributed by atoms with Crippen molar-refractivity contribution < 1.29 is 19.4 Å². The number of morpholine rings is 1. The van der Waals surface area contributed by atoms with Crippen molar-refractivity contribution in [3.8, 4) is 0 Å². The van der Waals surface area contributed by atoms with Crippen LogP contribution in [0.25, 0.3) is 0 Å². The number of rotatable bonds is 6. The highest BCUT2D eigenvalue weighted by Gasteiger charge is 2.65. The molecule has 1 aliphatic carbocycles. The molecule has 1 amide bonds. The van der Waals surface area contributed by atoms with E-state index in [9.17, 15) is 14.7 Å². The Morgan fingerprint density at radius 3 is 2.44 bits per heavy atom. The fourth-order valence-electron chi connectivity index (χ4n) is 3.92. The van der Waals surface area contributed by atoms with Gasteiger partial charge in [0.05, 0.1) is 31.1 Å². The lowest BCUT2D eigenvalue weighted by Crippen LogP contribution is -2.44. The molecule has 3 rings (SSSR count). The van der Waals surface area contributed by atoms with Crippen molar-refractivity contribution in [1.29, 1.82) is 0 Å². The van der Waals surface area contributed by atoms with E-state index in [1.807, 2.05) is 32.0 Å². The fourth-order valence-corrected chi connectivity index (χ4v) is 3.92. The number of carbonyl (C=O) groups is 2. The normalized spacial score (nSPS) is 26.6. The Bertz CT molecular complexity index is 626. The molecule has 2 N–H and O–H groups in total. The quantitative estimate of drug-likeness (QED) is 0.817. The van der Waals surface area contributed by atoms with Crippen LogP contribution in [0.15, 0.2) is 30.3 Å². The van der Waals surface area contributed by atoms with Crippen LogP contribution in [0.2, 0.25) is 0 Å². The Labute approximate surface area is 148 Å². The summed E-state index contributed by atoms with van der Waals surface area (Å²) in [4.78, 5) is 26.1. The molecule has 1 saturated carbocycles. The number of nitrogens with zero attached hydrogens (tertiary/aromatic N) is 1. The first-order valence-corrected chi connectivity index (χ1v) is 8.80. The monoisotopic (exact) mass is 346 g/mol.